The van der Waals surface area contributed by atoms with Gasteiger partial charge in [-0.15, -0.1) is 0 Å². The number of hydrogen-bond donors (Lipinski definition) is 2. The Balaban J connectivity index is 1.81. The van der Waals surface area contributed by atoms with Crippen molar-refractivity contribution in [1.82, 2.24) is 14.8 Å². The number of nitro benzene ring substituents is 2. The topological polar surface area (TPSA) is 168 Å². The first-order valence-electron chi connectivity index (χ1n) is 9.12. The summed E-state index contributed by atoms with van der Waals surface area (Å²) in [5.74, 6) is 0. The third-order valence-corrected chi connectivity index (χ3v) is 4.92. The van der Waals surface area contributed by atoms with E-state index >= 15 is 0 Å². The molecule has 0 aliphatic rings. The van der Waals surface area contributed by atoms with Gasteiger partial charge in [0.1, 0.15) is 11.8 Å². The number of nitro groups is 2. The van der Waals surface area contributed by atoms with E-state index < -0.39 is 26.8 Å². The van der Waals surface area contributed by atoms with Crippen LogP contribution in [-0.4, -0.2) is 19.2 Å². The van der Waals surface area contributed by atoms with Crippen molar-refractivity contribution in [3.63, 3.8) is 0 Å². The van der Waals surface area contributed by atoms with Crippen molar-refractivity contribution in [2.45, 2.75) is 6.92 Å². The molecule has 2 N–H and O–H groups in total. The molecule has 0 unspecified atom stereocenters. The molecule has 2 aromatic heterocycles. The highest BCUT2D eigenvalue weighted by atomic mass is 16.6. The second kappa shape index (κ2) is 7.65. The first-order chi connectivity index (χ1) is 15.3. The van der Waals surface area contributed by atoms with Crippen molar-refractivity contribution in [1.29, 1.82) is 5.26 Å². The molecule has 0 aliphatic heterocycles. The van der Waals surface area contributed by atoms with Crippen LogP contribution in [0.5, 0.6) is 0 Å². The zero-order chi connectivity index (χ0) is 23.0. The second-order valence-corrected chi connectivity index (χ2v) is 6.72. The average Bonchev–Trinajstić information content (AvgIpc) is 3.15. The Morgan fingerprint density at radius 2 is 1.91 bits per heavy atom. The van der Waals surface area contributed by atoms with Gasteiger partial charge in [-0.05, 0) is 30.7 Å². The molecule has 0 saturated heterocycles. The predicted octanol–water partition coefficient (Wildman–Crippen LogP) is 1.92. The molecule has 12 nitrogen and oxygen atoms in total. The summed E-state index contributed by atoms with van der Waals surface area (Å²) >= 11 is 0. The summed E-state index contributed by atoms with van der Waals surface area (Å²) in [7, 11) is 0. The van der Waals surface area contributed by atoms with Crippen LogP contribution < -0.4 is 21.6 Å². The molecule has 32 heavy (non-hydrogen) atoms. The molecule has 0 atom stereocenters. The lowest BCUT2D eigenvalue weighted by Gasteiger charge is -2.07. The number of non-ortho nitro benzene ring substituents is 1. The summed E-state index contributed by atoms with van der Waals surface area (Å²) in [6, 6.07) is 12.1. The van der Waals surface area contributed by atoms with E-state index in [2.05, 4.69) is 21.9 Å². The highest BCUT2D eigenvalue weighted by Crippen LogP contribution is 2.28. The fourth-order valence-corrected chi connectivity index (χ4v) is 3.36. The number of pyridine rings is 1. The van der Waals surface area contributed by atoms with Gasteiger partial charge in [0.15, 0.2) is 5.65 Å². The first kappa shape index (κ1) is 20.2. The fourth-order valence-electron chi connectivity index (χ4n) is 3.36. The molecule has 0 amide bonds. The van der Waals surface area contributed by atoms with Gasteiger partial charge in [-0.25, -0.2) is 4.98 Å². The van der Waals surface area contributed by atoms with Crippen LogP contribution in [-0.2, 0) is 0 Å². The van der Waals surface area contributed by atoms with E-state index in [1.54, 1.807) is 31.2 Å². The molecular formula is C20H13N7O5. The van der Waals surface area contributed by atoms with Crippen LogP contribution in [0, 0.1) is 38.5 Å². The number of imidazole rings is 1. The monoisotopic (exact) mass is 431 g/mol. The number of nitrogens with one attached hydrogen (secondary N) is 2. The molecule has 0 radical (unpaired) electrons. The maximum absolute atomic E-state index is 13.2. The van der Waals surface area contributed by atoms with Crippen LogP contribution in [0.1, 0.15) is 11.1 Å². The maximum atomic E-state index is 13.2. The van der Waals surface area contributed by atoms with E-state index in [1.165, 1.54) is 16.7 Å². The van der Waals surface area contributed by atoms with Gasteiger partial charge in [0.25, 0.3) is 11.2 Å². The van der Waals surface area contributed by atoms with Crippen LogP contribution in [0.2, 0.25) is 0 Å². The summed E-state index contributed by atoms with van der Waals surface area (Å²) < 4.78 is 1.34. The van der Waals surface area contributed by atoms with E-state index in [4.69, 9.17) is 0 Å². The zero-order valence-corrected chi connectivity index (χ0v) is 16.4. The minimum Gasteiger partial charge on any atom is -0.307 e. The van der Waals surface area contributed by atoms with Crippen LogP contribution in [0.4, 0.5) is 17.1 Å². The highest BCUT2D eigenvalue weighted by molar-refractivity contribution is 5.82. The van der Waals surface area contributed by atoms with Crippen LogP contribution in [0.3, 0.4) is 0 Å². The molecule has 0 fully saturated rings. The van der Waals surface area contributed by atoms with E-state index in [0.29, 0.717) is 16.6 Å². The molecule has 0 bridgehead atoms. The molecule has 2 aromatic carbocycles. The van der Waals surface area contributed by atoms with Gasteiger partial charge in [-0.1, -0.05) is 12.1 Å². The molecular weight excluding hydrogens is 418 g/mol. The maximum Gasteiger partial charge on any atom is 0.300 e. The number of rotatable bonds is 5. The molecule has 12 heteroatoms. The predicted molar refractivity (Wildman–Crippen MR) is 115 cm³/mol. The Morgan fingerprint density at radius 3 is 2.59 bits per heavy atom. The summed E-state index contributed by atoms with van der Waals surface area (Å²) in [5.41, 5.74) is 5.69. The standard InChI is InChI=1S/C20H13N7O5/c1-11-13(9-21)19-23-15-4-2-3-5-17(15)25(19)20(28)14(11)10-22-24-16-7-6-12(26(29)30)8-18(16)27(31)32/h2-8,10,22,24H,1H3. The number of fused-ring (bicyclic) bond motifs is 3. The number of benzene rings is 2. The average molecular weight is 431 g/mol. The molecule has 2 heterocycles. The van der Waals surface area contributed by atoms with Crippen LogP contribution in [0.15, 0.2) is 47.3 Å². The smallest absolute Gasteiger partial charge is 0.300 e. The van der Waals surface area contributed by atoms with Gasteiger partial charge < -0.3 is 5.43 Å². The number of hydrazine groups is 1. The normalized spacial score (nSPS) is 11.4. The lowest BCUT2D eigenvalue weighted by Crippen LogP contribution is -2.36. The number of aromatic nitrogens is 2. The van der Waals surface area contributed by atoms with Crippen molar-refractivity contribution in [3.05, 3.63) is 89.4 Å². The van der Waals surface area contributed by atoms with Crippen LogP contribution in [0.25, 0.3) is 22.9 Å². The number of nitriles is 1. The number of para-hydroxylation sites is 2. The van der Waals surface area contributed by atoms with Gasteiger partial charge in [0.2, 0.25) is 0 Å². The quantitative estimate of drug-likeness (QED) is 0.354. The van der Waals surface area contributed by atoms with Gasteiger partial charge in [-0.2, -0.15) is 5.26 Å². The lowest BCUT2D eigenvalue weighted by molar-refractivity contribution is -0.393. The fraction of sp³-hybridized carbons (Fsp3) is 0.0500. The molecule has 0 aliphatic carbocycles. The SMILES string of the molecule is Cc1c(C#N)c2nc3ccccc3n2c(=O)c1=CNNc1ccc([N+](=O)[O-])cc1[N+](=O)[O-]. The minimum absolute atomic E-state index is 0.0448. The Labute approximate surface area is 178 Å². The molecule has 4 rings (SSSR count). The summed E-state index contributed by atoms with van der Waals surface area (Å²) in [5, 5.41) is 31.9. The summed E-state index contributed by atoms with van der Waals surface area (Å²) in [6.07, 6.45) is 1.28. The van der Waals surface area contributed by atoms with Crippen molar-refractivity contribution in [2.24, 2.45) is 0 Å². The van der Waals surface area contributed by atoms with Crippen molar-refractivity contribution in [3.8, 4) is 6.07 Å². The minimum atomic E-state index is -0.765. The Morgan fingerprint density at radius 1 is 1.16 bits per heavy atom. The van der Waals surface area contributed by atoms with Crippen molar-refractivity contribution in [2.75, 3.05) is 5.43 Å². The van der Waals surface area contributed by atoms with Crippen LogP contribution >= 0.6 is 0 Å². The second-order valence-electron chi connectivity index (χ2n) is 6.72. The number of anilines is 1. The first-order valence-corrected chi connectivity index (χ1v) is 9.12. The third kappa shape index (κ3) is 3.19. The molecule has 4 aromatic rings. The number of nitrogens with zero attached hydrogens (tertiary/aromatic N) is 5. The highest BCUT2D eigenvalue weighted by Gasteiger charge is 2.19. The number of hydrogen-bond acceptors (Lipinski definition) is 9. The van der Waals surface area contributed by atoms with E-state index in [1.807, 2.05) is 0 Å². The zero-order valence-electron chi connectivity index (χ0n) is 16.4. The Kier molecular flexibility index (Phi) is 4.84. The van der Waals surface area contributed by atoms with Gasteiger partial charge in [-0.3, -0.25) is 34.8 Å². The Hall–Kier alpha value is -5.05. The molecule has 158 valence electrons. The summed E-state index contributed by atoms with van der Waals surface area (Å²) in [4.78, 5) is 38.2. The van der Waals surface area contributed by atoms with E-state index in [9.17, 15) is 30.3 Å². The molecule has 0 spiro atoms. The van der Waals surface area contributed by atoms with E-state index in [-0.39, 0.29) is 22.1 Å². The summed E-state index contributed by atoms with van der Waals surface area (Å²) in [6.45, 7) is 1.60. The third-order valence-electron chi connectivity index (χ3n) is 4.92. The largest absolute Gasteiger partial charge is 0.307 e. The van der Waals surface area contributed by atoms with E-state index in [0.717, 1.165) is 12.1 Å². The van der Waals surface area contributed by atoms with Gasteiger partial charge in [0.05, 0.1) is 37.7 Å². The van der Waals surface area contributed by atoms with Gasteiger partial charge >= 0.3 is 5.69 Å². The molecule has 0 saturated carbocycles. The Bertz CT molecular complexity index is 1590. The van der Waals surface area contributed by atoms with Gasteiger partial charge in [0, 0.05) is 12.3 Å². The van der Waals surface area contributed by atoms with Crippen molar-refractivity contribution >= 4 is 39.9 Å². The lowest BCUT2D eigenvalue weighted by atomic mass is 10.1. The van der Waals surface area contributed by atoms with Crippen molar-refractivity contribution < 1.29 is 9.85 Å².